The highest BCUT2D eigenvalue weighted by Crippen LogP contribution is 2.33. The Morgan fingerprint density at radius 1 is 0.968 bits per heavy atom. The number of aryl methyl sites for hydroxylation is 1. The Kier molecular flexibility index (Phi) is 7.36. The van der Waals surface area contributed by atoms with Crippen LogP contribution in [0, 0.1) is 13.8 Å². The predicted molar refractivity (Wildman–Crippen MR) is 118 cm³/mol. The third-order valence-corrected chi connectivity index (χ3v) is 5.62. The largest absolute Gasteiger partial charge is 0.494 e. The Balaban J connectivity index is 1.64. The molecule has 0 saturated heterocycles. The minimum Gasteiger partial charge on any atom is -0.494 e. The van der Waals surface area contributed by atoms with E-state index in [1.807, 2.05) is 32.9 Å². The molecule has 0 bridgehead atoms. The molecule has 8 heteroatoms. The van der Waals surface area contributed by atoms with Gasteiger partial charge in [0.25, 0.3) is 5.91 Å². The summed E-state index contributed by atoms with van der Waals surface area (Å²) in [6, 6.07) is 10.5. The van der Waals surface area contributed by atoms with Crippen molar-refractivity contribution in [3.8, 4) is 11.5 Å². The van der Waals surface area contributed by atoms with Gasteiger partial charge in [-0.3, -0.25) is 4.79 Å². The number of anilines is 1. The lowest BCUT2D eigenvalue weighted by atomic mass is 10.1. The lowest BCUT2D eigenvalue weighted by Crippen LogP contribution is -2.14. The summed E-state index contributed by atoms with van der Waals surface area (Å²) in [5.41, 5.74) is 1.17. The van der Waals surface area contributed by atoms with Crippen LogP contribution < -0.4 is 14.8 Å². The first kappa shape index (κ1) is 22.4. The second-order valence-electron chi connectivity index (χ2n) is 6.62. The minimum absolute atomic E-state index is 0.129. The van der Waals surface area contributed by atoms with E-state index in [0.29, 0.717) is 28.7 Å². The molecule has 2 heterocycles. The van der Waals surface area contributed by atoms with Crippen LogP contribution in [0.5, 0.6) is 11.5 Å². The van der Waals surface area contributed by atoms with Crippen molar-refractivity contribution in [3.05, 3.63) is 63.9 Å². The Hall–Kier alpha value is -3.26. The zero-order chi connectivity index (χ0) is 22.4. The second-order valence-corrected chi connectivity index (χ2v) is 7.85. The number of amides is 1. The molecule has 0 fully saturated rings. The number of thiophene rings is 1. The van der Waals surface area contributed by atoms with Crippen LogP contribution in [-0.4, -0.2) is 25.1 Å². The van der Waals surface area contributed by atoms with Gasteiger partial charge >= 0.3 is 5.97 Å². The molecule has 0 saturated carbocycles. The number of nitrogens with one attached hydrogen (secondary N) is 1. The number of hydrogen-bond acceptors (Lipinski definition) is 7. The van der Waals surface area contributed by atoms with Crippen molar-refractivity contribution < 1.29 is 28.2 Å². The van der Waals surface area contributed by atoms with Crippen molar-refractivity contribution in [2.45, 2.75) is 34.3 Å². The maximum atomic E-state index is 12.6. The van der Waals surface area contributed by atoms with Gasteiger partial charge in [0.15, 0.2) is 5.76 Å². The molecule has 0 aliphatic rings. The van der Waals surface area contributed by atoms with Gasteiger partial charge in [0.2, 0.25) is 0 Å². The summed E-state index contributed by atoms with van der Waals surface area (Å²) < 4.78 is 21.8. The van der Waals surface area contributed by atoms with E-state index in [4.69, 9.17) is 18.6 Å². The molecule has 0 radical (unpaired) electrons. The van der Waals surface area contributed by atoms with Gasteiger partial charge in [0, 0.05) is 4.88 Å². The molecule has 0 unspecified atom stereocenters. The zero-order valence-corrected chi connectivity index (χ0v) is 18.8. The SMILES string of the molecule is CCOC(=O)c1c(NC(=O)c2ccc(COc3ccc(OCC)cc3)o2)sc(C)c1C. The van der Waals surface area contributed by atoms with E-state index in [1.165, 1.54) is 11.3 Å². The maximum Gasteiger partial charge on any atom is 0.341 e. The van der Waals surface area contributed by atoms with Gasteiger partial charge in [-0.15, -0.1) is 11.3 Å². The lowest BCUT2D eigenvalue weighted by Gasteiger charge is -2.07. The maximum absolute atomic E-state index is 12.6. The fraction of sp³-hybridized carbons (Fsp3) is 0.304. The van der Waals surface area contributed by atoms with Gasteiger partial charge < -0.3 is 23.9 Å². The first-order valence-electron chi connectivity index (χ1n) is 9.95. The van der Waals surface area contributed by atoms with Gasteiger partial charge in [-0.1, -0.05) is 0 Å². The summed E-state index contributed by atoms with van der Waals surface area (Å²) in [6.45, 7) is 8.42. The highest BCUT2D eigenvalue weighted by molar-refractivity contribution is 7.16. The van der Waals surface area contributed by atoms with E-state index in [0.717, 1.165) is 16.2 Å². The van der Waals surface area contributed by atoms with Gasteiger partial charge in [-0.25, -0.2) is 4.79 Å². The van der Waals surface area contributed by atoms with E-state index in [-0.39, 0.29) is 19.0 Å². The molecule has 2 aromatic heterocycles. The predicted octanol–water partition coefficient (Wildman–Crippen LogP) is 5.36. The lowest BCUT2D eigenvalue weighted by molar-refractivity contribution is 0.0527. The number of benzene rings is 1. The summed E-state index contributed by atoms with van der Waals surface area (Å²) in [5.74, 6) is 1.16. The molecule has 1 amide bonds. The third kappa shape index (κ3) is 5.46. The van der Waals surface area contributed by atoms with Crippen molar-refractivity contribution in [2.24, 2.45) is 0 Å². The fourth-order valence-corrected chi connectivity index (χ4v) is 3.90. The van der Waals surface area contributed by atoms with Crippen LogP contribution in [-0.2, 0) is 11.3 Å². The van der Waals surface area contributed by atoms with Crippen LogP contribution >= 0.6 is 11.3 Å². The summed E-state index contributed by atoms with van der Waals surface area (Å²) in [7, 11) is 0. The van der Waals surface area contributed by atoms with Crippen LogP contribution in [0.1, 0.15) is 51.0 Å². The second kappa shape index (κ2) is 10.2. The number of carbonyl (C=O) groups is 2. The topological polar surface area (TPSA) is 87.0 Å². The number of hydrogen-bond donors (Lipinski definition) is 1. The summed E-state index contributed by atoms with van der Waals surface area (Å²) in [4.78, 5) is 25.9. The first-order valence-corrected chi connectivity index (χ1v) is 10.8. The van der Waals surface area contributed by atoms with E-state index in [9.17, 15) is 9.59 Å². The quantitative estimate of drug-likeness (QED) is 0.448. The molecule has 31 heavy (non-hydrogen) atoms. The highest BCUT2D eigenvalue weighted by atomic mass is 32.1. The molecule has 0 atom stereocenters. The van der Waals surface area contributed by atoms with E-state index >= 15 is 0 Å². The summed E-state index contributed by atoms with van der Waals surface area (Å²) in [5, 5.41) is 3.21. The standard InChI is InChI=1S/C23H25NO6S/c1-5-27-16-7-9-17(10-8-16)29-13-18-11-12-19(30-18)21(25)24-22-20(23(26)28-6-2)14(3)15(4)31-22/h7-12H,5-6,13H2,1-4H3,(H,24,25). The smallest absolute Gasteiger partial charge is 0.341 e. The minimum atomic E-state index is -0.455. The van der Waals surface area contributed by atoms with E-state index in [1.54, 1.807) is 31.2 Å². The van der Waals surface area contributed by atoms with Crippen molar-refractivity contribution >= 4 is 28.2 Å². The molecule has 7 nitrogen and oxygen atoms in total. The average molecular weight is 444 g/mol. The fourth-order valence-electron chi connectivity index (χ4n) is 2.86. The van der Waals surface area contributed by atoms with Crippen LogP contribution in [0.2, 0.25) is 0 Å². The molecule has 0 spiro atoms. The van der Waals surface area contributed by atoms with Crippen LogP contribution in [0.4, 0.5) is 5.00 Å². The normalized spacial score (nSPS) is 10.6. The number of carbonyl (C=O) groups excluding carboxylic acids is 2. The monoisotopic (exact) mass is 443 g/mol. The molecule has 0 aliphatic heterocycles. The molecular formula is C23H25NO6S. The Bertz CT molecular complexity index is 1050. The Labute approximate surface area is 184 Å². The first-order chi connectivity index (χ1) is 14.9. The number of esters is 1. The van der Waals surface area contributed by atoms with Crippen molar-refractivity contribution in [1.82, 2.24) is 0 Å². The number of ether oxygens (including phenoxy) is 3. The number of rotatable bonds is 9. The van der Waals surface area contributed by atoms with Gasteiger partial charge in [-0.05, 0) is 69.7 Å². The molecule has 3 aromatic rings. The average Bonchev–Trinajstić information content (AvgIpc) is 3.33. The van der Waals surface area contributed by atoms with Crippen LogP contribution in [0.15, 0.2) is 40.8 Å². The van der Waals surface area contributed by atoms with Crippen molar-refractivity contribution in [1.29, 1.82) is 0 Å². The van der Waals surface area contributed by atoms with Gasteiger partial charge in [-0.2, -0.15) is 0 Å². The van der Waals surface area contributed by atoms with Gasteiger partial charge in [0.05, 0.1) is 18.8 Å². The molecule has 1 N–H and O–H groups in total. The highest BCUT2D eigenvalue weighted by Gasteiger charge is 2.23. The molecule has 1 aromatic carbocycles. The van der Waals surface area contributed by atoms with Gasteiger partial charge in [0.1, 0.15) is 28.9 Å². The summed E-state index contributed by atoms with van der Waals surface area (Å²) >= 11 is 1.33. The van der Waals surface area contributed by atoms with Crippen LogP contribution in [0.25, 0.3) is 0 Å². The molecule has 0 aliphatic carbocycles. The van der Waals surface area contributed by atoms with Crippen molar-refractivity contribution in [2.75, 3.05) is 18.5 Å². The zero-order valence-electron chi connectivity index (χ0n) is 17.9. The Morgan fingerprint density at radius 2 is 1.65 bits per heavy atom. The van der Waals surface area contributed by atoms with Crippen molar-refractivity contribution in [3.63, 3.8) is 0 Å². The summed E-state index contributed by atoms with van der Waals surface area (Å²) in [6.07, 6.45) is 0. The van der Waals surface area contributed by atoms with E-state index in [2.05, 4.69) is 5.32 Å². The molecular weight excluding hydrogens is 418 g/mol. The van der Waals surface area contributed by atoms with E-state index < -0.39 is 11.9 Å². The Morgan fingerprint density at radius 3 is 2.29 bits per heavy atom. The molecule has 3 rings (SSSR count). The number of furan rings is 1. The van der Waals surface area contributed by atoms with Crippen LogP contribution in [0.3, 0.4) is 0 Å². The molecule has 164 valence electrons. The third-order valence-electron chi connectivity index (χ3n) is 4.49.